The summed E-state index contributed by atoms with van der Waals surface area (Å²) in [5, 5.41) is 8.88. The summed E-state index contributed by atoms with van der Waals surface area (Å²) in [7, 11) is 0. The van der Waals surface area contributed by atoms with Gasteiger partial charge in [-0.3, -0.25) is 14.3 Å². The van der Waals surface area contributed by atoms with Crippen molar-refractivity contribution in [3.8, 4) is 5.75 Å². The highest BCUT2D eigenvalue weighted by Gasteiger charge is 2.31. The first-order valence-electron chi connectivity index (χ1n) is 8.29. The van der Waals surface area contributed by atoms with Gasteiger partial charge in [-0.2, -0.15) is 5.10 Å². The number of amides is 2. The monoisotopic (exact) mass is 408 g/mol. The van der Waals surface area contributed by atoms with Crippen molar-refractivity contribution >= 4 is 17.5 Å². The molecule has 0 saturated heterocycles. The number of halogens is 3. The maximum absolute atomic E-state index is 12.2. The first kappa shape index (κ1) is 20.0. The molecule has 0 unspecified atom stereocenters. The molecule has 0 spiro atoms. The first-order valence-corrected chi connectivity index (χ1v) is 8.29. The Labute approximate surface area is 162 Å². The predicted molar refractivity (Wildman–Crippen MR) is 93.8 cm³/mol. The third-order valence-electron chi connectivity index (χ3n) is 3.72. The molecule has 0 radical (unpaired) electrons. The van der Waals surface area contributed by atoms with Crippen molar-refractivity contribution in [2.45, 2.75) is 12.4 Å². The van der Waals surface area contributed by atoms with E-state index in [0.717, 1.165) is 12.1 Å². The highest BCUT2D eigenvalue weighted by atomic mass is 19.4. The van der Waals surface area contributed by atoms with Crippen molar-refractivity contribution in [1.29, 1.82) is 0 Å². The third-order valence-corrected chi connectivity index (χ3v) is 3.72. The number of furan rings is 1. The molecule has 1 aromatic carbocycles. The Morgan fingerprint density at radius 1 is 1.14 bits per heavy atom. The van der Waals surface area contributed by atoms with E-state index in [-0.39, 0.29) is 12.2 Å². The Hall–Kier alpha value is -3.76. The molecule has 29 heavy (non-hydrogen) atoms. The number of alkyl halides is 3. The van der Waals surface area contributed by atoms with Crippen LogP contribution in [0.2, 0.25) is 0 Å². The fraction of sp³-hybridized carbons (Fsp3) is 0.167. The number of rotatable bonds is 6. The third kappa shape index (κ3) is 5.61. The fourth-order valence-corrected chi connectivity index (χ4v) is 2.47. The summed E-state index contributed by atoms with van der Waals surface area (Å²) in [6, 6.07) is 9.04. The van der Waals surface area contributed by atoms with Crippen LogP contribution in [0.5, 0.6) is 5.75 Å². The molecule has 8 nitrogen and oxygen atoms in total. The van der Waals surface area contributed by atoms with Crippen LogP contribution in [0.25, 0.3) is 0 Å². The molecule has 2 aromatic heterocycles. The van der Waals surface area contributed by atoms with E-state index in [4.69, 9.17) is 4.42 Å². The Morgan fingerprint density at radius 3 is 2.48 bits per heavy atom. The molecule has 0 aliphatic carbocycles. The average Bonchev–Trinajstić information content (AvgIpc) is 3.36. The summed E-state index contributed by atoms with van der Waals surface area (Å²) in [4.78, 5) is 24.1. The summed E-state index contributed by atoms with van der Waals surface area (Å²) in [5.74, 6) is -1.81. The molecule has 0 fully saturated rings. The van der Waals surface area contributed by atoms with Gasteiger partial charge in [0.1, 0.15) is 17.6 Å². The van der Waals surface area contributed by atoms with Gasteiger partial charge in [0, 0.05) is 24.6 Å². The van der Waals surface area contributed by atoms with Crippen LogP contribution in [0, 0.1) is 0 Å². The quantitative estimate of drug-likeness (QED) is 0.611. The second-order valence-electron chi connectivity index (χ2n) is 5.75. The second kappa shape index (κ2) is 8.50. The van der Waals surface area contributed by atoms with Gasteiger partial charge in [0.15, 0.2) is 0 Å². The minimum absolute atomic E-state index is 0.0276. The van der Waals surface area contributed by atoms with Gasteiger partial charge in [-0.15, -0.1) is 13.2 Å². The summed E-state index contributed by atoms with van der Waals surface area (Å²) in [6.07, 6.45) is -0.0864. The standard InChI is InChI=1S/C18H15F3N4O4/c19-18(20,21)29-13-6-4-12(5-7-13)24-17(27)16(26)22-11-14(15-3-1-10-28-15)25-9-2-8-23-25/h1-10,14H,11H2,(H,22,26)(H,24,27)/t14-/m0/s1. The van der Waals surface area contributed by atoms with E-state index in [1.165, 1.54) is 18.4 Å². The molecule has 3 aromatic rings. The van der Waals surface area contributed by atoms with Gasteiger partial charge in [0.05, 0.1) is 6.26 Å². The number of benzene rings is 1. The van der Waals surface area contributed by atoms with Crippen molar-refractivity contribution in [2.75, 3.05) is 11.9 Å². The van der Waals surface area contributed by atoms with Gasteiger partial charge in [-0.1, -0.05) is 0 Å². The van der Waals surface area contributed by atoms with Crippen LogP contribution < -0.4 is 15.4 Å². The topological polar surface area (TPSA) is 98.4 Å². The number of carbonyl (C=O) groups is 2. The zero-order chi connectivity index (χ0) is 20.9. The van der Waals surface area contributed by atoms with Crippen LogP contribution >= 0.6 is 0 Å². The average molecular weight is 408 g/mol. The number of aromatic nitrogens is 2. The summed E-state index contributed by atoms with van der Waals surface area (Å²) < 4.78 is 47.1. The molecule has 0 aliphatic heterocycles. The van der Waals surface area contributed by atoms with E-state index in [2.05, 4.69) is 20.5 Å². The molecule has 0 aliphatic rings. The van der Waals surface area contributed by atoms with E-state index >= 15 is 0 Å². The normalized spacial score (nSPS) is 12.2. The summed E-state index contributed by atoms with van der Waals surface area (Å²) in [6.45, 7) is 0.0276. The van der Waals surface area contributed by atoms with Crippen LogP contribution in [-0.4, -0.2) is 34.5 Å². The van der Waals surface area contributed by atoms with Gasteiger partial charge in [0.25, 0.3) is 0 Å². The molecule has 3 rings (SSSR count). The molecule has 152 valence electrons. The van der Waals surface area contributed by atoms with Crippen LogP contribution in [-0.2, 0) is 9.59 Å². The zero-order valence-corrected chi connectivity index (χ0v) is 14.7. The highest BCUT2D eigenvalue weighted by Crippen LogP contribution is 2.24. The Bertz CT molecular complexity index is 904. The van der Waals surface area contributed by atoms with Crippen molar-refractivity contribution in [3.63, 3.8) is 0 Å². The van der Waals surface area contributed by atoms with E-state index in [1.807, 2.05) is 0 Å². The predicted octanol–water partition coefficient (Wildman–Crippen LogP) is 2.72. The van der Waals surface area contributed by atoms with E-state index in [0.29, 0.717) is 5.76 Å². The Kier molecular flexibility index (Phi) is 5.86. The molecule has 11 heteroatoms. The second-order valence-corrected chi connectivity index (χ2v) is 5.75. The fourth-order valence-electron chi connectivity index (χ4n) is 2.47. The lowest BCUT2D eigenvalue weighted by atomic mass is 10.2. The minimum Gasteiger partial charge on any atom is -0.467 e. The Balaban J connectivity index is 1.57. The van der Waals surface area contributed by atoms with Gasteiger partial charge in [-0.05, 0) is 42.5 Å². The van der Waals surface area contributed by atoms with Crippen molar-refractivity contribution < 1.29 is 31.9 Å². The molecular formula is C18H15F3N4O4. The number of nitrogens with one attached hydrogen (secondary N) is 2. The first-order chi connectivity index (χ1) is 13.8. The SMILES string of the molecule is O=C(NC[C@@H](c1ccco1)n1cccn1)C(=O)Nc1ccc(OC(F)(F)F)cc1. The van der Waals surface area contributed by atoms with Gasteiger partial charge in [-0.25, -0.2) is 0 Å². The smallest absolute Gasteiger partial charge is 0.467 e. The zero-order valence-electron chi connectivity index (χ0n) is 14.7. The number of ether oxygens (including phenoxy) is 1. The van der Waals surface area contributed by atoms with Crippen molar-refractivity contribution in [2.24, 2.45) is 0 Å². The minimum atomic E-state index is -4.82. The summed E-state index contributed by atoms with van der Waals surface area (Å²) in [5.41, 5.74) is 0.134. The molecule has 0 bridgehead atoms. The summed E-state index contributed by atoms with van der Waals surface area (Å²) >= 11 is 0. The van der Waals surface area contributed by atoms with Crippen LogP contribution in [0.15, 0.2) is 65.5 Å². The largest absolute Gasteiger partial charge is 0.573 e. The number of anilines is 1. The molecule has 2 heterocycles. The lowest BCUT2D eigenvalue weighted by Gasteiger charge is -2.16. The van der Waals surface area contributed by atoms with Gasteiger partial charge < -0.3 is 19.8 Å². The lowest BCUT2D eigenvalue weighted by molar-refractivity contribution is -0.274. The maximum atomic E-state index is 12.2. The van der Waals surface area contributed by atoms with Crippen molar-refractivity contribution in [3.05, 3.63) is 66.9 Å². The van der Waals surface area contributed by atoms with Gasteiger partial charge >= 0.3 is 18.2 Å². The van der Waals surface area contributed by atoms with Crippen molar-refractivity contribution in [1.82, 2.24) is 15.1 Å². The highest BCUT2D eigenvalue weighted by molar-refractivity contribution is 6.39. The molecule has 0 saturated carbocycles. The molecule has 2 N–H and O–H groups in total. The van der Waals surface area contributed by atoms with E-state index in [1.54, 1.807) is 35.3 Å². The van der Waals surface area contributed by atoms with Crippen LogP contribution in [0.4, 0.5) is 18.9 Å². The number of nitrogens with zero attached hydrogens (tertiary/aromatic N) is 2. The van der Waals surface area contributed by atoms with Crippen LogP contribution in [0.3, 0.4) is 0 Å². The van der Waals surface area contributed by atoms with Gasteiger partial charge in [0.2, 0.25) is 0 Å². The number of hydrogen-bond acceptors (Lipinski definition) is 5. The van der Waals surface area contributed by atoms with E-state index in [9.17, 15) is 22.8 Å². The van der Waals surface area contributed by atoms with E-state index < -0.39 is 30.0 Å². The molecule has 1 atom stereocenters. The number of hydrogen-bond donors (Lipinski definition) is 2. The number of carbonyl (C=O) groups excluding carboxylic acids is 2. The maximum Gasteiger partial charge on any atom is 0.573 e. The molecule has 2 amide bonds. The molecular weight excluding hydrogens is 393 g/mol. The van der Waals surface area contributed by atoms with Crippen LogP contribution in [0.1, 0.15) is 11.8 Å². The Morgan fingerprint density at radius 2 is 1.90 bits per heavy atom. The lowest BCUT2D eigenvalue weighted by Crippen LogP contribution is -2.38.